The summed E-state index contributed by atoms with van der Waals surface area (Å²) in [5, 5.41) is 13.9. The summed E-state index contributed by atoms with van der Waals surface area (Å²) in [5.74, 6) is -0.188. The van der Waals surface area contributed by atoms with Crippen LogP contribution in [0.25, 0.3) is 0 Å². The number of ether oxygens (including phenoxy) is 1. The second kappa shape index (κ2) is 7.00. The van der Waals surface area contributed by atoms with Gasteiger partial charge in [-0.05, 0) is 18.6 Å². The van der Waals surface area contributed by atoms with Gasteiger partial charge in [0.2, 0.25) is 5.91 Å². The average Bonchev–Trinajstić information content (AvgIpc) is 2.95. The van der Waals surface area contributed by atoms with Gasteiger partial charge in [0.05, 0.1) is 38.4 Å². The zero-order chi connectivity index (χ0) is 17.1. The summed E-state index contributed by atoms with van der Waals surface area (Å²) in [4.78, 5) is 14.5. The number of aromatic nitrogens is 2. The van der Waals surface area contributed by atoms with E-state index < -0.39 is 5.82 Å². The molecule has 1 aliphatic heterocycles. The number of carbonyl (C=O) groups is 1. The number of hydrogen-bond acceptors (Lipinski definition) is 4. The molecule has 0 radical (unpaired) electrons. The largest absolute Gasteiger partial charge is 0.496 e. The molecule has 0 aliphatic carbocycles. The highest BCUT2D eigenvalue weighted by Crippen LogP contribution is 2.23. The Bertz CT molecular complexity index is 732. The first-order chi connectivity index (χ1) is 11.6. The van der Waals surface area contributed by atoms with E-state index in [9.17, 15) is 14.3 Å². The third kappa shape index (κ3) is 3.26. The Morgan fingerprint density at radius 1 is 1.46 bits per heavy atom. The quantitative estimate of drug-likeness (QED) is 0.918. The second-order valence-electron chi connectivity index (χ2n) is 5.83. The molecule has 0 spiro atoms. The molecule has 1 aromatic carbocycles. The first-order valence-corrected chi connectivity index (χ1v) is 7.85. The average molecular weight is 333 g/mol. The number of amides is 1. The van der Waals surface area contributed by atoms with Crippen LogP contribution >= 0.6 is 0 Å². The molecule has 1 N–H and O–H groups in total. The van der Waals surface area contributed by atoms with Crippen molar-refractivity contribution in [2.75, 3.05) is 13.7 Å². The molecule has 7 heteroatoms. The fourth-order valence-electron chi connectivity index (χ4n) is 3.04. The lowest BCUT2D eigenvalue weighted by molar-refractivity contribution is -0.134. The molecule has 2 aromatic rings. The van der Waals surface area contributed by atoms with E-state index in [1.807, 2.05) is 10.7 Å². The molecule has 1 aromatic heterocycles. The van der Waals surface area contributed by atoms with Crippen molar-refractivity contribution in [1.29, 1.82) is 0 Å². The topological polar surface area (TPSA) is 67.6 Å². The summed E-state index contributed by atoms with van der Waals surface area (Å²) in [6.07, 6.45) is 2.44. The fourth-order valence-corrected chi connectivity index (χ4v) is 3.04. The third-order valence-electron chi connectivity index (χ3n) is 4.37. The lowest BCUT2D eigenvalue weighted by atomic mass is 10.1. The molecule has 0 fully saturated rings. The maximum atomic E-state index is 13.3. The van der Waals surface area contributed by atoms with E-state index in [0.29, 0.717) is 30.8 Å². The Hall–Kier alpha value is -2.41. The van der Waals surface area contributed by atoms with Crippen LogP contribution < -0.4 is 4.74 Å². The summed E-state index contributed by atoms with van der Waals surface area (Å²) < 4.78 is 20.3. The zero-order valence-corrected chi connectivity index (χ0v) is 13.5. The second-order valence-corrected chi connectivity index (χ2v) is 5.83. The summed E-state index contributed by atoms with van der Waals surface area (Å²) in [5.41, 5.74) is 1.56. The summed E-state index contributed by atoms with van der Waals surface area (Å²) in [6.45, 7) is 0.960. The summed E-state index contributed by atoms with van der Waals surface area (Å²) in [7, 11) is 1.45. The highest BCUT2D eigenvalue weighted by molar-refractivity contribution is 5.80. The van der Waals surface area contributed by atoms with Crippen molar-refractivity contribution in [3.05, 3.63) is 47.5 Å². The molecular weight excluding hydrogens is 313 g/mol. The lowest BCUT2D eigenvalue weighted by Crippen LogP contribution is -2.42. The van der Waals surface area contributed by atoms with Gasteiger partial charge in [0.25, 0.3) is 0 Å². The molecule has 1 amide bonds. The molecule has 6 nitrogen and oxygen atoms in total. The molecule has 128 valence electrons. The molecule has 0 unspecified atom stereocenters. The summed E-state index contributed by atoms with van der Waals surface area (Å²) in [6, 6.07) is 5.75. The van der Waals surface area contributed by atoms with Crippen LogP contribution in [0.5, 0.6) is 5.75 Å². The van der Waals surface area contributed by atoms with Crippen molar-refractivity contribution in [3.8, 4) is 5.75 Å². The minimum atomic E-state index is -0.407. The number of nitrogens with zero attached hydrogens (tertiary/aromatic N) is 3. The number of carbonyl (C=O) groups excluding carboxylic acids is 1. The number of hydrogen-bond donors (Lipinski definition) is 1. The number of aliphatic hydroxyl groups excluding tert-OH is 1. The molecule has 0 saturated heterocycles. The van der Waals surface area contributed by atoms with E-state index in [1.165, 1.54) is 19.2 Å². The van der Waals surface area contributed by atoms with E-state index in [0.717, 1.165) is 5.69 Å². The standard InChI is InChI=1S/C17H20FN3O3/c1-24-16-9-13(18)3-2-12(16)8-17(23)20-10-14-4-6-19-21(14)7-5-15(20)11-22/h2-4,6,9,15,22H,5,7-8,10-11H2,1H3/t15-/m1/s1. The third-order valence-corrected chi connectivity index (χ3v) is 4.37. The van der Waals surface area contributed by atoms with Crippen LogP contribution in [-0.2, 0) is 24.3 Å². The van der Waals surface area contributed by atoms with Crippen molar-refractivity contribution >= 4 is 5.91 Å². The molecular formula is C17H20FN3O3. The van der Waals surface area contributed by atoms with Crippen molar-refractivity contribution in [1.82, 2.24) is 14.7 Å². The molecule has 24 heavy (non-hydrogen) atoms. The first-order valence-electron chi connectivity index (χ1n) is 7.85. The Morgan fingerprint density at radius 2 is 2.29 bits per heavy atom. The number of methoxy groups -OCH3 is 1. The number of aliphatic hydroxyl groups is 1. The van der Waals surface area contributed by atoms with Crippen LogP contribution in [-0.4, -0.2) is 45.5 Å². The molecule has 0 bridgehead atoms. The molecule has 2 heterocycles. The van der Waals surface area contributed by atoms with Gasteiger partial charge in [-0.3, -0.25) is 9.48 Å². The van der Waals surface area contributed by atoms with Gasteiger partial charge in [-0.1, -0.05) is 6.07 Å². The van der Waals surface area contributed by atoms with Crippen molar-refractivity contribution in [3.63, 3.8) is 0 Å². The predicted octanol–water partition coefficient (Wildman–Crippen LogP) is 1.37. The van der Waals surface area contributed by atoms with Gasteiger partial charge in [-0.25, -0.2) is 4.39 Å². The maximum Gasteiger partial charge on any atom is 0.227 e. The molecule has 1 atom stereocenters. The molecule has 0 saturated carbocycles. The number of benzene rings is 1. The summed E-state index contributed by atoms with van der Waals surface area (Å²) >= 11 is 0. The SMILES string of the molecule is COc1cc(F)ccc1CC(=O)N1Cc2ccnn2CC[C@@H]1CO. The number of halogens is 1. The number of fused-ring (bicyclic) bond motifs is 1. The van der Waals surface area contributed by atoms with Crippen LogP contribution in [0.1, 0.15) is 17.7 Å². The monoisotopic (exact) mass is 333 g/mol. The van der Waals surface area contributed by atoms with E-state index >= 15 is 0 Å². The van der Waals surface area contributed by atoms with Crippen molar-refractivity contribution in [2.24, 2.45) is 0 Å². The van der Waals surface area contributed by atoms with Crippen molar-refractivity contribution in [2.45, 2.75) is 32.0 Å². The van der Waals surface area contributed by atoms with Gasteiger partial charge in [-0.2, -0.15) is 5.10 Å². The lowest BCUT2D eigenvalue weighted by Gasteiger charge is -2.28. The minimum absolute atomic E-state index is 0.0914. The maximum absolute atomic E-state index is 13.3. The van der Waals surface area contributed by atoms with Gasteiger partial charge < -0.3 is 14.7 Å². The Kier molecular flexibility index (Phi) is 4.80. The van der Waals surface area contributed by atoms with Crippen molar-refractivity contribution < 1.29 is 19.0 Å². The Labute approximate surface area is 139 Å². The van der Waals surface area contributed by atoms with E-state index in [4.69, 9.17) is 4.74 Å². The van der Waals surface area contributed by atoms with Gasteiger partial charge in [0.1, 0.15) is 11.6 Å². The molecule has 1 aliphatic rings. The van der Waals surface area contributed by atoms with E-state index in [1.54, 1.807) is 17.2 Å². The minimum Gasteiger partial charge on any atom is -0.496 e. The van der Waals surface area contributed by atoms with Crippen LogP contribution in [0.3, 0.4) is 0 Å². The normalized spacial score (nSPS) is 17.3. The van der Waals surface area contributed by atoms with Crippen LogP contribution in [0.2, 0.25) is 0 Å². The highest BCUT2D eigenvalue weighted by atomic mass is 19.1. The van der Waals surface area contributed by atoms with Crippen LogP contribution in [0.4, 0.5) is 4.39 Å². The highest BCUT2D eigenvalue weighted by Gasteiger charge is 2.28. The van der Waals surface area contributed by atoms with Gasteiger partial charge in [0, 0.05) is 24.4 Å². The van der Waals surface area contributed by atoms with Crippen LogP contribution in [0, 0.1) is 5.82 Å². The predicted molar refractivity (Wildman–Crippen MR) is 84.9 cm³/mol. The first kappa shape index (κ1) is 16.4. The van der Waals surface area contributed by atoms with E-state index in [-0.39, 0.29) is 25.0 Å². The van der Waals surface area contributed by atoms with Gasteiger partial charge in [-0.15, -0.1) is 0 Å². The van der Waals surface area contributed by atoms with Gasteiger partial charge >= 0.3 is 0 Å². The Balaban J connectivity index is 1.82. The van der Waals surface area contributed by atoms with Gasteiger partial charge in [0.15, 0.2) is 0 Å². The van der Waals surface area contributed by atoms with Crippen LogP contribution in [0.15, 0.2) is 30.5 Å². The fraction of sp³-hybridized carbons (Fsp3) is 0.412. The molecule has 3 rings (SSSR count). The number of rotatable bonds is 4. The Morgan fingerprint density at radius 3 is 3.04 bits per heavy atom. The smallest absolute Gasteiger partial charge is 0.227 e. The van der Waals surface area contributed by atoms with E-state index in [2.05, 4.69) is 5.10 Å². The number of aryl methyl sites for hydroxylation is 1. The zero-order valence-electron chi connectivity index (χ0n) is 13.5.